The van der Waals surface area contributed by atoms with Gasteiger partial charge in [-0.05, 0) is 59.7 Å². The van der Waals surface area contributed by atoms with Gasteiger partial charge in [-0.2, -0.15) is 5.10 Å². The van der Waals surface area contributed by atoms with Crippen molar-refractivity contribution in [1.29, 1.82) is 0 Å². The molecule has 0 aliphatic rings. The molecule has 1 atom stereocenters. The molecule has 0 aliphatic heterocycles. The molecule has 3 rings (SSSR count). The second-order valence-electron chi connectivity index (χ2n) is 7.53. The fourth-order valence-corrected chi connectivity index (χ4v) is 2.94. The number of aromatic nitrogens is 3. The highest BCUT2D eigenvalue weighted by atomic mass is 15.3. The summed E-state index contributed by atoms with van der Waals surface area (Å²) < 4.78 is 2.05. The molecule has 0 radical (unpaired) electrons. The highest BCUT2D eigenvalue weighted by Gasteiger charge is 2.19. The summed E-state index contributed by atoms with van der Waals surface area (Å²) in [6.45, 7) is 12.9. The molecule has 126 valence electrons. The lowest BCUT2D eigenvalue weighted by Gasteiger charge is -2.19. The lowest BCUT2D eigenvalue weighted by Crippen LogP contribution is -2.22. The van der Waals surface area contributed by atoms with E-state index in [0.29, 0.717) is 0 Å². The number of rotatable bonds is 3. The van der Waals surface area contributed by atoms with Gasteiger partial charge in [-0.15, -0.1) is 0 Å². The lowest BCUT2D eigenvalue weighted by molar-refractivity contribution is 0.354. The van der Waals surface area contributed by atoms with Gasteiger partial charge in [0, 0.05) is 29.0 Å². The van der Waals surface area contributed by atoms with Crippen molar-refractivity contribution in [2.45, 2.75) is 53.1 Å². The van der Waals surface area contributed by atoms with Crippen LogP contribution in [0.1, 0.15) is 50.6 Å². The van der Waals surface area contributed by atoms with Gasteiger partial charge in [0.2, 0.25) is 0 Å². The minimum atomic E-state index is -0.0107. The predicted molar refractivity (Wildman–Crippen MR) is 100 cm³/mol. The summed E-state index contributed by atoms with van der Waals surface area (Å²) in [6, 6.07) is 8.57. The number of hydrogen-bond acceptors (Lipinski definition) is 3. The Hall–Kier alpha value is -2.36. The normalized spacial score (nSPS) is 13.2. The third-order valence-electron chi connectivity index (χ3n) is 4.36. The van der Waals surface area contributed by atoms with Crippen LogP contribution in [-0.2, 0) is 5.54 Å². The van der Waals surface area contributed by atoms with Gasteiger partial charge in [0.25, 0.3) is 0 Å². The van der Waals surface area contributed by atoms with Crippen LogP contribution in [0, 0.1) is 13.8 Å². The third-order valence-corrected chi connectivity index (χ3v) is 4.36. The van der Waals surface area contributed by atoms with Gasteiger partial charge >= 0.3 is 0 Å². The van der Waals surface area contributed by atoms with Gasteiger partial charge in [-0.1, -0.05) is 11.6 Å². The summed E-state index contributed by atoms with van der Waals surface area (Å²) in [6.07, 6.45) is 4.01. The lowest BCUT2D eigenvalue weighted by atomic mass is 10.1. The standard InChI is InChI=1S/C20H26N4/c1-13-7-8-18-16(11-13)19(9-10-21-18)22-14(2)17-12-24(20(4,5)6)23-15(17)3/h7-12,14H,1-6H3,(H,21,22). The van der Waals surface area contributed by atoms with Crippen LogP contribution >= 0.6 is 0 Å². The van der Waals surface area contributed by atoms with Gasteiger partial charge in [0.15, 0.2) is 0 Å². The first-order valence-electron chi connectivity index (χ1n) is 8.44. The molecule has 4 nitrogen and oxygen atoms in total. The Labute approximate surface area is 143 Å². The number of anilines is 1. The molecule has 1 unspecified atom stereocenters. The predicted octanol–water partition coefficient (Wildman–Crippen LogP) is 4.98. The van der Waals surface area contributed by atoms with Crippen LogP contribution in [-0.4, -0.2) is 14.8 Å². The van der Waals surface area contributed by atoms with Crippen molar-refractivity contribution < 1.29 is 0 Å². The summed E-state index contributed by atoms with van der Waals surface area (Å²) in [5.74, 6) is 0. The van der Waals surface area contributed by atoms with Crippen LogP contribution in [0.15, 0.2) is 36.7 Å². The van der Waals surface area contributed by atoms with E-state index in [4.69, 9.17) is 0 Å². The molecule has 4 heteroatoms. The minimum Gasteiger partial charge on any atom is -0.378 e. The van der Waals surface area contributed by atoms with Crippen molar-refractivity contribution >= 4 is 16.6 Å². The summed E-state index contributed by atoms with van der Waals surface area (Å²) in [7, 11) is 0. The molecular weight excluding hydrogens is 296 g/mol. The zero-order valence-electron chi connectivity index (χ0n) is 15.4. The molecule has 1 aromatic carbocycles. The monoisotopic (exact) mass is 322 g/mol. The van der Waals surface area contributed by atoms with E-state index in [1.54, 1.807) is 0 Å². The van der Waals surface area contributed by atoms with Gasteiger partial charge < -0.3 is 5.32 Å². The van der Waals surface area contributed by atoms with Crippen LogP contribution in [0.5, 0.6) is 0 Å². The van der Waals surface area contributed by atoms with E-state index in [0.717, 1.165) is 22.3 Å². The van der Waals surface area contributed by atoms with Crippen molar-refractivity contribution in [3.8, 4) is 0 Å². The van der Waals surface area contributed by atoms with E-state index < -0.39 is 0 Å². The van der Waals surface area contributed by atoms with E-state index in [1.165, 1.54) is 11.1 Å². The Morgan fingerprint density at radius 2 is 1.88 bits per heavy atom. The molecule has 0 saturated carbocycles. The maximum Gasteiger partial charge on any atom is 0.0722 e. The second-order valence-corrected chi connectivity index (χ2v) is 7.53. The molecular formula is C20H26N4. The molecule has 0 amide bonds. The van der Waals surface area contributed by atoms with E-state index in [-0.39, 0.29) is 11.6 Å². The summed E-state index contributed by atoms with van der Waals surface area (Å²) in [5, 5.41) is 9.48. The first-order valence-corrected chi connectivity index (χ1v) is 8.44. The number of fused-ring (bicyclic) bond motifs is 1. The zero-order valence-corrected chi connectivity index (χ0v) is 15.4. The smallest absolute Gasteiger partial charge is 0.0722 e. The van der Waals surface area contributed by atoms with Gasteiger partial charge in [-0.25, -0.2) is 0 Å². The molecule has 24 heavy (non-hydrogen) atoms. The van der Waals surface area contributed by atoms with Crippen LogP contribution in [0.3, 0.4) is 0 Å². The Kier molecular flexibility index (Phi) is 4.08. The Balaban J connectivity index is 1.95. The van der Waals surface area contributed by atoms with Crippen molar-refractivity contribution in [2.24, 2.45) is 0 Å². The second kappa shape index (κ2) is 5.93. The Morgan fingerprint density at radius 3 is 2.54 bits per heavy atom. The Morgan fingerprint density at radius 1 is 1.12 bits per heavy atom. The average molecular weight is 322 g/mol. The quantitative estimate of drug-likeness (QED) is 0.740. The van der Waals surface area contributed by atoms with Gasteiger partial charge in [0.05, 0.1) is 22.8 Å². The first-order chi connectivity index (χ1) is 11.3. The number of aryl methyl sites for hydroxylation is 2. The number of nitrogens with zero attached hydrogens (tertiary/aromatic N) is 3. The maximum atomic E-state index is 4.69. The minimum absolute atomic E-state index is 0.0107. The number of nitrogens with one attached hydrogen (secondary N) is 1. The highest BCUT2D eigenvalue weighted by molar-refractivity contribution is 5.91. The van der Waals surface area contributed by atoms with E-state index in [9.17, 15) is 0 Å². The van der Waals surface area contributed by atoms with Crippen molar-refractivity contribution in [1.82, 2.24) is 14.8 Å². The third kappa shape index (κ3) is 3.14. The fraction of sp³-hybridized carbons (Fsp3) is 0.400. The van der Waals surface area contributed by atoms with Crippen LogP contribution < -0.4 is 5.32 Å². The molecule has 0 aliphatic carbocycles. The first kappa shape index (κ1) is 16.5. The van der Waals surface area contributed by atoms with Gasteiger partial charge in [-0.3, -0.25) is 9.67 Å². The number of benzene rings is 1. The van der Waals surface area contributed by atoms with Crippen molar-refractivity contribution in [3.63, 3.8) is 0 Å². The Bertz CT molecular complexity index is 871. The fourth-order valence-electron chi connectivity index (χ4n) is 2.94. The number of hydrogen-bond donors (Lipinski definition) is 1. The van der Waals surface area contributed by atoms with Crippen molar-refractivity contribution in [2.75, 3.05) is 5.32 Å². The summed E-state index contributed by atoms with van der Waals surface area (Å²) in [5.41, 5.74) is 5.65. The topological polar surface area (TPSA) is 42.7 Å². The van der Waals surface area contributed by atoms with Crippen LogP contribution in [0.25, 0.3) is 10.9 Å². The van der Waals surface area contributed by atoms with E-state index >= 15 is 0 Å². The number of pyridine rings is 1. The van der Waals surface area contributed by atoms with E-state index in [1.807, 2.05) is 16.9 Å². The summed E-state index contributed by atoms with van der Waals surface area (Å²) >= 11 is 0. The SMILES string of the molecule is Cc1ccc2nccc(NC(C)c3cn(C(C)(C)C)nc3C)c2c1. The van der Waals surface area contributed by atoms with Crippen LogP contribution in [0.4, 0.5) is 5.69 Å². The highest BCUT2D eigenvalue weighted by Crippen LogP contribution is 2.28. The molecule has 0 fully saturated rings. The van der Waals surface area contributed by atoms with Crippen LogP contribution in [0.2, 0.25) is 0 Å². The molecule has 2 aromatic heterocycles. The molecule has 2 heterocycles. The van der Waals surface area contributed by atoms with E-state index in [2.05, 4.69) is 81.3 Å². The molecule has 0 bridgehead atoms. The zero-order chi connectivity index (χ0) is 17.5. The molecule has 3 aromatic rings. The molecule has 1 N–H and O–H groups in total. The summed E-state index contributed by atoms with van der Waals surface area (Å²) in [4.78, 5) is 4.46. The maximum absolute atomic E-state index is 4.69. The molecule has 0 spiro atoms. The molecule has 0 saturated heterocycles. The largest absolute Gasteiger partial charge is 0.378 e. The average Bonchev–Trinajstić information content (AvgIpc) is 2.90. The van der Waals surface area contributed by atoms with Crippen molar-refractivity contribution in [3.05, 3.63) is 53.5 Å². The van der Waals surface area contributed by atoms with Gasteiger partial charge in [0.1, 0.15) is 0 Å².